The molecule has 1 N–H and O–H groups in total. The number of benzene rings is 1. The van der Waals surface area contributed by atoms with E-state index < -0.39 is 17.1 Å². The number of carbonyl (C=O) groups is 3. The Morgan fingerprint density at radius 1 is 1.20 bits per heavy atom. The highest BCUT2D eigenvalue weighted by Crippen LogP contribution is 2.33. The van der Waals surface area contributed by atoms with Crippen LogP contribution in [0.4, 0.5) is 4.79 Å². The fourth-order valence-electron chi connectivity index (χ4n) is 2.23. The van der Waals surface area contributed by atoms with Crippen LogP contribution in [0.1, 0.15) is 12.2 Å². The molecule has 1 saturated heterocycles. The minimum atomic E-state index is -1.07. The number of aliphatic carboxylic acids is 1. The molecule has 0 radical (unpaired) electrons. The van der Waals surface area contributed by atoms with Gasteiger partial charge in [-0.25, -0.2) is 0 Å². The number of imide groups is 1. The third-order valence-corrected chi connectivity index (χ3v) is 4.61. The number of amides is 2. The van der Waals surface area contributed by atoms with Gasteiger partial charge in [0.15, 0.2) is 0 Å². The summed E-state index contributed by atoms with van der Waals surface area (Å²) >= 11 is 6.62. The highest BCUT2D eigenvalue weighted by atomic mass is 35.5. The van der Waals surface area contributed by atoms with Crippen LogP contribution in [0, 0.1) is 0 Å². The number of carbonyl (C=O) groups excluding carboxylic acids is 2. The molecular formula is C17H12ClNO5S. The number of furan rings is 1. The smallest absolute Gasteiger partial charge is 0.305 e. The Bertz CT molecular complexity index is 871. The topological polar surface area (TPSA) is 87.8 Å². The summed E-state index contributed by atoms with van der Waals surface area (Å²) in [6.45, 7) is -0.147. The highest BCUT2D eigenvalue weighted by Gasteiger charge is 2.35. The van der Waals surface area contributed by atoms with Crippen molar-refractivity contribution in [2.75, 3.05) is 6.54 Å². The van der Waals surface area contributed by atoms with E-state index in [0.29, 0.717) is 16.5 Å². The van der Waals surface area contributed by atoms with Crippen LogP contribution in [0.2, 0.25) is 5.02 Å². The van der Waals surface area contributed by atoms with Crippen molar-refractivity contribution in [3.05, 3.63) is 52.1 Å². The SMILES string of the molecule is O=C(O)CCN1C(=O)SC(=Cc2ccc(-c3ccc(Cl)cc3)o2)C1=O. The van der Waals surface area contributed by atoms with Gasteiger partial charge in [-0.15, -0.1) is 0 Å². The average Bonchev–Trinajstić information content (AvgIpc) is 3.12. The maximum absolute atomic E-state index is 12.2. The summed E-state index contributed by atoms with van der Waals surface area (Å²) in [6, 6.07) is 10.5. The summed E-state index contributed by atoms with van der Waals surface area (Å²) in [4.78, 5) is 35.8. The highest BCUT2D eigenvalue weighted by molar-refractivity contribution is 8.18. The van der Waals surface area contributed by atoms with Crippen molar-refractivity contribution < 1.29 is 23.9 Å². The second-order valence-electron chi connectivity index (χ2n) is 5.19. The molecular weight excluding hydrogens is 366 g/mol. The van der Waals surface area contributed by atoms with Crippen LogP contribution in [-0.4, -0.2) is 33.7 Å². The molecule has 1 aromatic heterocycles. The molecule has 0 unspecified atom stereocenters. The molecule has 0 bridgehead atoms. The molecule has 1 fully saturated rings. The molecule has 25 heavy (non-hydrogen) atoms. The fourth-order valence-corrected chi connectivity index (χ4v) is 3.20. The van der Waals surface area contributed by atoms with Crippen LogP contribution in [0.5, 0.6) is 0 Å². The molecule has 0 aliphatic carbocycles. The van der Waals surface area contributed by atoms with Crippen LogP contribution in [0.25, 0.3) is 17.4 Å². The Hall–Kier alpha value is -2.51. The number of carboxylic acid groups (broad SMARTS) is 1. The van der Waals surface area contributed by atoms with E-state index in [2.05, 4.69) is 0 Å². The van der Waals surface area contributed by atoms with Gasteiger partial charge >= 0.3 is 5.97 Å². The predicted octanol–water partition coefficient (Wildman–Crippen LogP) is 4.11. The van der Waals surface area contributed by atoms with Crippen molar-refractivity contribution in [3.63, 3.8) is 0 Å². The number of halogens is 1. The number of hydrogen-bond acceptors (Lipinski definition) is 5. The van der Waals surface area contributed by atoms with Crippen LogP contribution >= 0.6 is 23.4 Å². The van der Waals surface area contributed by atoms with E-state index in [9.17, 15) is 14.4 Å². The Labute approximate surface area is 152 Å². The monoisotopic (exact) mass is 377 g/mol. The summed E-state index contributed by atoms with van der Waals surface area (Å²) in [7, 11) is 0. The lowest BCUT2D eigenvalue weighted by Crippen LogP contribution is -2.30. The Kier molecular flexibility index (Phi) is 4.96. The second-order valence-corrected chi connectivity index (χ2v) is 6.62. The van der Waals surface area contributed by atoms with Gasteiger partial charge in [0.1, 0.15) is 11.5 Å². The van der Waals surface area contributed by atoms with E-state index in [1.54, 1.807) is 24.3 Å². The molecule has 2 amide bonds. The minimum absolute atomic E-state index is 0.147. The third-order valence-electron chi connectivity index (χ3n) is 3.45. The summed E-state index contributed by atoms with van der Waals surface area (Å²) in [5.41, 5.74) is 0.832. The van der Waals surface area contributed by atoms with E-state index in [1.165, 1.54) is 6.08 Å². The molecule has 2 aromatic rings. The van der Waals surface area contributed by atoms with Crippen LogP contribution in [0.15, 0.2) is 45.7 Å². The average molecular weight is 378 g/mol. The normalized spacial score (nSPS) is 16.0. The van der Waals surface area contributed by atoms with Gasteiger partial charge in [0.2, 0.25) is 0 Å². The number of rotatable bonds is 5. The van der Waals surface area contributed by atoms with Gasteiger partial charge in [-0.1, -0.05) is 11.6 Å². The maximum atomic E-state index is 12.2. The van der Waals surface area contributed by atoms with Crippen molar-refractivity contribution in [1.82, 2.24) is 4.90 Å². The zero-order chi connectivity index (χ0) is 18.0. The van der Waals surface area contributed by atoms with E-state index in [4.69, 9.17) is 21.1 Å². The van der Waals surface area contributed by atoms with Crippen molar-refractivity contribution in [3.8, 4) is 11.3 Å². The number of hydrogen-bond donors (Lipinski definition) is 1. The zero-order valence-electron chi connectivity index (χ0n) is 12.8. The van der Waals surface area contributed by atoms with Gasteiger partial charge in [-0.05, 0) is 48.2 Å². The quantitative estimate of drug-likeness (QED) is 0.789. The molecule has 6 nitrogen and oxygen atoms in total. The number of thioether (sulfide) groups is 1. The summed E-state index contributed by atoms with van der Waals surface area (Å²) in [6.07, 6.45) is 1.19. The molecule has 0 saturated carbocycles. The molecule has 0 atom stereocenters. The van der Waals surface area contributed by atoms with Gasteiger partial charge in [-0.2, -0.15) is 0 Å². The number of nitrogens with zero attached hydrogens (tertiary/aromatic N) is 1. The lowest BCUT2D eigenvalue weighted by molar-refractivity contribution is -0.137. The Morgan fingerprint density at radius 3 is 2.60 bits per heavy atom. The lowest BCUT2D eigenvalue weighted by Gasteiger charge is -2.09. The largest absolute Gasteiger partial charge is 0.481 e. The molecule has 128 valence electrons. The molecule has 0 spiro atoms. The molecule has 3 rings (SSSR count). The summed E-state index contributed by atoms with van der Waals surface area (Å²) in [5, 5.41) is 8.81. The lowest BCUT2D eigenvalue weighted by atomic mass is 10.2. The second kappa shape index (κ2) is 7.16. The van der Waals surface area contributed by atoms with E-state index in [1.807, 2.05) is 12.1 Å². The van der Waals surface area contributed by atoms with E-state index in [0.717, 1.165) is 22.2 Å². The third kappa shape index (κ3) is 3.94. The van der Waals surface area contributed by atoms with Crippen LogP contribution < -0.4 is 0 Å². The van der Waals surface area contributed by atoms with Gasteiger partial charge in [0, 0.05) is 23.2 Å². The van der Waals surface area contributed by atoms with E-state index >= 15 is 0 Å². The van der Waals surface area contributed by atoms with Crippen molar-refractivity contribution in [2.24, 2.45) is 0 Å². The van der Waals surface area contributed by atoms with Crippen LogP contribution in [-0.2, 0) is 9.59 Å². The number of carboxylic acids is 1. The molecule has 8 heteroatoms. The maximum Gasteiger partial charge on any atom is 0.305 e. The first kappa shape index (κ1) is 17.3. The van der Waals surface area contributed by atoms with Gasteiger partial charge in [0.05, 0.1) is 11.3 Å². The van der Waals surface area contributed by atoms with Gasteiger partial charge in [-0.3, -0.25) is 19.3 Å². The predicted molar refractivity (Wildman–Crippen MR) is 94.1 cm³/mol. The van der Waals surface area contributed by atoms with Gasteiger partial charge in [0.25, 0.3) is 11.1 Å². The first-order valence-electron chi connectivity index (χ1n) is 7.27. The Morgan fingerprint density at radius 2 is 1.92 bits per heavy atom. The summed E-state index contributed by atoms with van der Waals surface area (Å²) < 4.78 is 5.68. The van der Waals surface area contributed by atoms with Crippen molar-refractivity contribution in [1.29, 1.82) is 0 Å². The fraction of sp³-hybridized carbons (Fsp3) is 0.118. The first-order valence-corrected chi connectivity index (χ1v) is 8.46. The zero-order valence-corrected chi connectivity index (χ0v) is 14.3. The molecule has 1 aliphatic rings. The van der Waals surface area contributed by atoms with E-state index in [-0.39, 0.29) is 17.9 Å². The molecule has 1 aromatic carbocycles. The molecule has 1 aliphatic heterocycles. The Balaban J connectivity index is 1.77. The van der Waals surface area contributed by atoms with Gasteiger partial charge < -0.3 is 9.52 Å². The minimum Gasteiger partial charge on any atom is -0.481 e. The summed E-state index contributed by atoms with van der Waals surface area (Å²) in [5.74, 6) is -0.552. The van der Waals surface area contributed by atoms with Crippen molar-refractivity contribution >= 4 is 46.6 Å². The first-order chi connectivity index (χ1) is 11.9. The standard InChI is InChI=1S/C17H12ClNO5S/c18-11-3-1-10(2-4-11)13-6-5-12(24-13)9-14-16(22)19(17(23)25-14)8-7-15(20)21/h1-6,9H,7-8H2,(H,20,21). The molecule has 2 heterocycles. The van der Waals surface area contributed by atoms with Crippen LogP contribution in [0.3, 0.4) is 0 Å². The van der Waals surface area contributed by atoms with Crippen molar-refractivity contribution in [2.45, 2.75) is 6.42 Å².